The predicted molar refractivity (Wildman–Crippen MR) is 90.0 cm³/mol. The van der Waals surface area contributed by atoms with Crippen molar-refractivity contribution in [1.82, 2.24) is 20.8 Å². The number of aryl methyl sites for hydroxylation is 1. The van der Waals surface area contributed by atoms with Crippen molar-refractivity contribution < 1.29 is 19.0 Å². The molecule has 0 unspecified atom stereocenters. The molecule has 3 aromatic rings. The molecule has 134 valence electrons. The molecule has 2 heterocycles. The summed E-state index contributed by atoms with van der Waals surface area (Å²) >= 11 is 0. The van der Waals surface area contributed by atoms with Gasteiger partial charge < -0.3 is 4.74 Å². The van der Waals surface area contributed by atoms with Crippen molar-refractivity contribution in [3.8, 4) is 5.88 Å². The highest BCUT2D eigenvalue weighted by molar-refractivity contribution is 5.99. The van der Waals surface area contributed by atoms with Crippen LogP contribution in [0.2, 0.25) is 0 Å². The third kappa shape index (κ3) is 4.19. The Hall–Kier alpha value is -3.33. The Kier molecular flexibility index (Phi) is 5.49. The number of hydroxylamine groups is 1. The van der Waals surface area contributed by atoms with Gasteiger partial charge >= 0.3 is 0 Å². The van der Waals surface area contributed by atoms with E-state index in [4.69, 9.17) is 4.74 Å². The first-order valence-electron chi connectivity index (χ1n) is 7.78. The van der Waals surface area contributed by atoms with Gasteiger partial charge in [0.15, 0.2) is 5.84 Å². The molecule has 0 amide bonds. The van der Waals surface area contributed by atoms with Crippen molar-refractivity contribution in [3.63, 3.8) is 0 Å². The molecule has 0 saturated heterocycles. The van der Waals surface area contributed by atoms with Crippen molar-refractivity contribution in [2.45, 2.75) is 13.3 Å². The van der Waals surface area contributed by atoms with Crippen molar-refractivity contribution in [2.24, 2.45) is 4.99 Å². The van der Waals surface area contributed by atoms with Gasteiger partial charge in [-0.1, -0.05) is 6.07 Å². The maximum absolute atomic E-state index is 13.4. The van der Waals surface area contributed by atoms with Crippen LogP contribution in [0.1, 0.15) is 17.0 Å². The van der Waals surface area contributed by atoms with Gasteiger partial charge in [0.1, 0.15) is 5.82 Å². The summed E-state index contributed by atoms with van der Waals surface area (Å²) in [5.74, 6) is -0.311. The molecule has 9 heteroatoms. The SMILES string of the molecule is Cc1cc(N=C(NO)c2nonc2OCCc2ccccn2)ccc1F. The number of ether oxygens (including phenoxy) is 1. The fourth-order valence-corrected chi connectivity index (χ4v) is 2.18. The Balaban J connectivity index is 1.74. The van der Waals surface area contributed by atoms with Gasteiger partial charge in [0, 0.05) is 18.3 Å². The highest BCUT2D eigenvalue weighted by atomic mass is 19.1. The predicted octanol–water partition coefficient (Wildman–Crippen LogP) is 2.59. The van der Waals surface area contributed by atoms with Crippen molar-refractivity contribution in [2.75, 3.05) is 6.61 Å². The number of aromatic nitrogens is 3. The van der Waals surface area contributed by atoms with Crippen molar-refractivity contribution in [1.29, 1.82) is 0 Å². The molecule has 0 atom stereocenters. The molecule has 0 fully saturated rings. The summed E-state index contributed by atoms with van der Waals surface area (Å²) < 4.78 is 23.6. The van der Waals surface area contributed by atoms with Crippen LogP contribution in [0.3, 0.4) is 0 Å². The van der Waals surface area contributed by atoms with Gasteiger partial charge in [-0.2, -0.15) is 0 Å². The first kappa shape index (κ1) is 17.5. The molecular formula is C17H16FN5O3. The third-order valence-corrected chi connectivity index (χ3v) is 3.49. The van der Waals surface area contributed by atoms with Gasteiger partial charge in [-0.15, -0.1) is 0 Å². The Morgan fingerprint density at radius 3 is 2.92 bits per heavy atom. The number of amidine groups is 1. The normalized spacial score (nSPS) is 11.4. The Morgan fingerprint density at radius 1 is 1.31 bits per heavy atom. The largest absolute Gasteiger partial charge is 0.473 e. The van der Waals surface area contributed by atoms with E-state index in [1.807, 2.05) is 23.7 Å². The molecule has 3 rings (SSSR count). The van der Waals surface area contributed by atoms with Gasteiger partial charge in [-0.05, 0) is 53.1 Å². The third-order valence-electron chi connectivity index (χ3n) is 3.49. The molecule has 0 radical (unpaired) electrons. The fraction of sp³-hybridized carbons (Fsp3) is 0.176. The van der Waals surface area contributed by atoms with Crippen LogP contribution in [0.4, 0.5) is 10.1 Å². The molecule has 0 bridgehead atoms. The number of aliphatic imine (C=N–C) groups is 1. The number of hydrogen-bond donors (Lipinski definition) is 2. The van der Waals surface area contributed by atoms with E-state index in [1.54, 1.807) is 13.1 Å². The van der Waals surface area contributed by atoms with Gasteiger partial charge in [0.2, 0.25) is 5.69 Å². The van der Waals surface area contributed by atoms with E-state index in [-0.39, 0.29) is 29.8 Å². The van der Waals surface area contributed by atoms with E-state index in [0.29, 0.717) is 17.7 Å². The fourth-order valence-electron chi connectivity index (χ4n) is 2.18. The summed E-state index contributed by atoms with van der Waals surface area (Å²) in [6.45, 7) is 1.90. The lowest BCUT2D eigenvalue weighted by Crippen LogP contribution is -2.21. The summed E-state index contributed by atoms with van der Waals surface area (Å²) in [5.41, 5.74) is 3.74. The minimum absolute atomic E-state index is 0.0369. The maximum Gasteiger partial charge on any atom is 0.287 e. The van der Waals surface area contributed by atoms with E-state index in [0.717, 1.165) is 5.69 Å². The number of pyridine rings is 1. The molecule has 8 nitrogen and oxygen atoms in total. The summed E-state index contributed by atoms with van der Waals surface area (Å²) in [4.78, 5) is 8.38. The van der Waals surface area contributed by atoms with Crippen molar-refractivity contribution in [3.05, 3.63) is 65.4 Å². The summed E-state index contributed by atoms with van der Waals surface area (Å²) in [7, 11) is 0. The van der Waals surface area contributed by atoms with Gasteiger partial charge in [0.25, 0.3) is 5.88 Å². The molecule has 0 aliphatic rings. The second-order valence-corrected chi connectivity index (χ2v) is 5.34. The molecule has 26 heavy (non-hydrogen) atoms. The zero-order chi connectivity index (χ0) is 18.4. The average Bonchev–Trinajstić information content (AvgIpc) is 3.12. The average molecular weight is 357 g/mol. The van der Waals surface area contributed by atoms with Crippen LogP contribution in [-0.4, -0.2) is 32.9 Å². The highest BCUT2D eigenvalue weighted by Crippen LogP contribution is 2.20. The number of hydrogen-bond acceptors (Lipinski definition) is 7. The molecular weight excluding hydrogens is 341 g/mol. The van der Waals surface area contributed by atoms with Crippen LogP contribution < -0.4 is 10.2 Å². The quantitative estimate of drug-likeness (QED) is 0.397. The van der Waals surface area contributed by atoms with E-state index >= 15 is 0 Å². The molecule has 0 aliphatic heterocycles. The molecule has 2 N–H and O–H groups in total. The van der Waals surface area contributed by atoms with Crippen LogP contribution in [0.25, 0.3) is 0 Å². The lowest BCUT2D eigenvalue weighted by Gasteiger charge is -2.05. The van der Waals surface area contributed by atoms with Gasteiger partial charge in [-0.25, -0.2) is 14.0 Å². The van der Waals surface area contributed by atoms with Crippen LogP contribution in [0.15, 0.2) is 52.2 Å². The summed E-state index contributed by atoms with van der Waals surface area (Å²) in [6, 6.07) is 9.88. The molecule has 0 spiro atoms. The maximum atomic E-state index is 13.4. The van der Waals surface area contributed by atoms with E-state index in [9.17, 15) is 9.60 Å². The standard InChI is InChI=1S/C17H16FN5O3/c1-11-10-13(5-6-14(11)18)20-16(21-24)15-17(23-26-22-15)25-9-7-12-4-2-3-8-19-12/h2-6,8,10,24H,7,9H2,1H3,(H,20,21). The number of nitrogens with one attached hydrogen (secondary N) is 1. The topological polar surface area (TPSA) is 106 Å². The Morgan fingerprint density at radius 2 is 2.19 bits per heavy atom. The first-order chi connectivity index (χ1) is 12.7. The van der Waals surface area contributed by atoms with Crippen LogP contribution >= 0.6 is 0 Å². The Bertz CT molecular complexity index is 898. The Labute approximate surface area is 148 Å². The minimum atomic E-state index is -0.343. The lowest BCUT2D eigenvalue weighted by molar-refractivity contribution is 0.233. The second-order valence-electron chi connectivity index (χ2n) is 5.34. The summed E-state index contributed by atoms with van der Waals surface area (Å²) in [5, 5.41) is 16.7. The number of halogens is 1. The van der Waals surface area contributed by atoms with E-state index in [1.165, 1.54) is 18.2 Å². The van der Waals surface area contributed by atoms with Gasteiger partial charge in [0.05, 0.1) is 12.3 Å². The zero-order valence-electron chi connectivity index (χ0n) is 13.9. The monoisotopic (exact) mass is 357 g/mol. The molecule has 1 aromatic carbocycles. The number of nitrogens with zero attached hydrogens (tertiary/aromatic N) is 4. The molecule has 2 aromatic heterocycles. The molecule has 0 saturated carbocycles. The van der Waals surface area contributed by atoms with E-state index in [2.05, 4.69) is 24.9 Å². The van der Waals surface area contributed by atoms with E-state index < -0.39 is 0 Å². The number of benzene rings is 1. The summed E-state index contributed by atoms with van der Waals surface area (Å²) in [6.07, 6.45) is 2.26. The lowest BCUT2D eigenvalue weighted by atomic mass is 10.2. The minimum Gasteiger partial charge on any atom is -0.473 e. The van der Waals surface area contributed by atoms with Crippen molar-refractivity contribution >= 4 is 11.5 Å². The highest BCUT2D eigenvalue weighted by Gasteiger charge is 2.18. The van der Waals surface area contributed by atoms with Gasteiger partial charge in [-0.3, -0.25) is 15.7 Å². The second kappa shape index (κ2) is 8.17. The first-order valence-corrected chi connectivity index (χ1v) is 7.78. The zero-order valence-corrected chi connectivity index (χ0v) is 13.9. The number of rotatable bonds is 6. The molecule has 0 aliphatic carbocycles. The van der Waals surface area contributed by atoms with Crippen LogP contribution in [0.5, 0.6) is 5.88 Å². The smallest absolute Gasteiger partial charge is 0.287 e. The van der Waals surface area contributed by atoms with Crippen LogP contribution in [-0.2, 0) is 6.42 Å². The van der Waals surface area contributed by atoms with Crippen LogP contribution in [0, 0.1) is 12.7 Å².